The van der Waals surface area contributed by atoms with Crippen LogP contribution in [-0.4, -0.2) is 20.5 Å². The first-order valence-corrected chi connectivity index (χ1v) is 6.68. The van der Waals surface area contributed by atoms with Gasteiger partial charge in [0, 0.05) is 30.3 Å². The number of aromatic nitrogens is 3. The van der Waals surface area contributed by atoms with Crippen LogP contribution in [-0.2, 0) is 13.0 Å². The van der Waals surface area contributed by atoms with E-state index in [1.165, 1.54) is 0 Å². The molecule has 2 heterocycles. The monoisotopic (exact) mass is 259 g/mol. The van der Waals surface area contributed by atoms with Crippen molar-refractivity contribution in [3.8, 4) is 0 Å². The number of hydrogen-bond acceptors (Lipinski definition) is 4. The highest BCUT2D eigenvalue weighted by molar-refractivity contribution is 5.98. The summed E-state index contributed by atoms with van der Waals surface area (Å²) in [6.45, 7) is 4.59. The second-order valence-corrected chi connectivity index (χ2v) is 5.35. The Morgan fingerprint density at radius 1 is 1.37 bits per heavy atom. The summed E-state index contributed by atoms with van der Waals surface area (Å²) in [5, 5.41) is 3.97. The summed E-state index contributed by atoms with van der Waals surface area (Å²) in [6.07, 6.45) is 6.53. The highest BCUT2D eigenvalue weighted by atomic mass is 16.5. The number of aryl methyl sites for hydroxylation is 1. The van der Waals surface area contributed by atoms with Crippen LogP contribution in [0.4, 0.5) is 0 Å². The molecule has 0 saturated carbocycles. The average molecular weight is 259 g/mol. The summed E-state index contributed by atoms with van der Waals surface area (Å²) in [7, 11) is 0. The van der Waals surface area contributed by atoms with Crippen LogP contribution < -0.4 is 0 Å². The number of ketones is 1. The Hall–Kier alpha value is -1.91. The summed E-state index contributed by atoms with van der Waals surface area (Å²) in [5.41, 5.74) is 2.00. The lowest BCUT2D eigenvalue weighted by Crippen LogP contribution is -2.07. The molecule has 0 amide bonds. The van der Waals surface area contributed by atoms with Crippen molar-refractivity contribution in [2.75, 3.05) is 0 Å². The molecule has 0 aromatic carbocycles. The van der Waals surface area contributed by atoms with Crippen LogP contribution in [0.15, 0.2) is 16.9 Å². The van der Waals surface area contributed by atoms with Crippen molar-refractivity contribution >= 4 is 5.78 Å². The first-order chi connectivity index (χ1) is 9.13. The number of fused-ring (bicyclic) bond motifs is 1. The third-order valence-corrected chi connectivity index (χ3v) is 3.41. The molecule has 0 bridgehead atoms. The van der Waals surface area contributed by atoms with E-state index in [4.69, 9.17) is 4.52 Å². The van der Waals surface area contributed by atoms with E-state index in [0.29, 0.717) is 24.7 Å². The molecule has 19 heavy (non-hydrogen) atoms. The van der Waals surface area contributed by atoms with Crippen LogP contribution in [0, 0.1) is 0 Å². The van der Waals surface area contributed by atoms with E-state index in [-0.39, 0.29) is 11.7 Å². The predicted molar refractivity (Wildman–Crippen MR) is 69.2 cm³/mol. The fourth-order valence-corrected chi connectivity index (χ4v) is 2.40. The quantitative estimate of drug-likeness (QED) is 0.850. The van der Waals surface area contributed by atoms with Gasteiger partial charge < -0.3 is 9.09 Å². The SMILES string of the molecule is CC(C)c1nc(Cn2cc3c(c2)C(=O)CCC3)no1. The summed E-state index contributed by atoms with van der Waals surface area (Å²) < 4.78 is 7.16. The zero-order valence-electron chi connectivity index (χ0n) is 11.2. The molecular weight excluding hydrogens is 242 g/mol. The molecule has 0 fully saturated rings. The lowest BCUT2D eigenvalue weighted by Gasteiger charge is -2.07. The van der Waals surface area contributed by atoms with Gasteiger partial charge in [0.05, 0.1) is 6.54 Å². The van der Waals surface area contributed by atoms with Crippen molar-refractivity contribution in [2.24, 2.45) is 0 Å². The lowest BCUT2D eigenvalue weighted by atomic mass is 9.95. The molecule has 5 nitrogen and oxygen atoms in total. The Balaban J connectivity index is 1.81. The van der Waals surface area contributed by atoms with Gasteiger partial charge in [-0.1, -0.05) is 19.0 Å². The van der Waals surface area contributed by atoms with E-state index in [2.05, 4.69) is 10.1 Å². The summed E-state index contributed by atoms with van der Waals surface area (Å²) in [4.78, 5) is 16.1. The van der Waals surface area contributed by atoms with Crippen LogP contribution in [0.2, 0.25) is 0 Å². The van der Waals surface area contributed by atoms with Gasteiger partial charge >= 0.3 is 0 Å². The minimum absolute atomic E-state index is 0.237. The van der Waals surface area contributed by atoms with Crippen molar-refractivity contribution < 1.29 is 9.32 Å². The van der Waals surface area contributed by atoms with E-state index < -0.39 is 0 Å². The molecule has 3 rings (SSSR count). The summed E-state index contributed by atoms with van der Waals surface area (Å²) in [6, 6.07) is 0. The number of nitrogens with zero attached hydrogens (tertiary/aromatic N) is 3. The van der Waals surface area contributed by atoms with Crippen molar-refractivity contribution in [3.05, 3.63) is 35.2 Å². The zero-order valence-corrected chi connectivity index (χ0v) is 11.2. The topological polar surface area (TPSA) is 60.9 Å². The smallest absolute Gasteiger partial charge is 0.229 e. The first-order valence-electron chi connectivity index (χ1n) is 6.68. The highest BCUT2D eigenvalue weighted by Gasteiger charge is 2.19. The minimum Gasteiger partial charge on any atom is -0.346 e. The molecule has 5 heteroatoms. The van der Waals surface area contributed by atoms with E-state index in [1.807, 2.05) is 30.8 Å². The van der Waals surface area contributed by atoms with Crippen molar-refractivity contribution in [2.45, 2.75) is 45.6 Å². The Bertz CT molecular complexity index is 610. The van der Waals surface area contributed by atoms with Crippen molar-refractivity contribution in [1.82, 2.24) is 14.7 Å². The van der Waals surface area contributed by atoms with Crippen LogP contribution in [0.5, 0.6) is 0 Å². The molecule has 0 atom stereocenters. The Labute approximate surface area is 111 Å². The maximum absolute atomic E-state index is 11.8. The predicted octanol–water partition coefficient (Wildman–Crippen LogP) is 2.56. The molecule has 0 spiro atoms. The third kappa shape index (κ3) is 2.32. The van der Waals surface area contributed by atoms with Crippen LogP contribution >= 0.6 is 0 Å². The first kappa shape index (κ1) is 12.1. The average Bonchev–Trinajstić information content (AvgIpc) is 2.96. The Morgan fingerprint density at radius 2 is 2.21 bits per heavy atom. The van der Waals surface area contributed by atoms with E-state index in [9.17, 15) is 4.79 Å². The van der Waals surface area contributed by atoms with Gasteiger partial charge in [0.2, 0.25) is 5.89 Å². The normalized spacial score (nSPS) is 15.0. The second-order valence-electron chi connectivity index (χ2n) is 5.35. The van der Waals surface area contributed by atoms with Gasteiger partial charge in [-0.15, -0.1) is 0 Å². The van der Waals surface area contributed by atoms with Gasteiger partial charge in [-0.05, 0) is 18.4 Å². The summed E-state index contributed by atoms with van der Waals surface area (Å²) >= 11 is 0. The van der Waals surface area contributed by atoms with Crippen molar-refractivity contribution in [1.29, 1.82) is 0 Å². The minimum atomic E-state index is 0.237. The van der Waals surface area contributed by atoms with Crippen LogP contribution in [0.1, 0.15) is 60.2 Å². The maximum atomic E-state index is 11.8. The standard InChI is InChI=1S/C14H17N3O2/c1-9(2)14-15-13(16-19-14)8-17-6-10-4-3-5-12(18)11(10)7-17/h6-7,9H,3-5,8H2,1-2H3. The van der Waals surface area contributed by atoms with Gasteiger partial charge in [-0.25, -0.2) is 0 Å². The van der Waals surface area contributed by atoms with Gasteiger partial charge in [0.25, 0.3) is 0 Å². The third-order valence-electron chi connectivity index (χ3n) is 3.41. The number of hydrogen-bond donors (Lipinski definition) is 0. The van der Waals surface area contributed by atoms with E-state index >= 15 is 0 Å². The number of carbonyl (C=O) groups is 1. The van der Waals surface area contributed by atoms with Crippen LogP contribution in [0.25, 0.3) is 0 Å². The van der Waals surface area contributed by atoms with E-state index in [1.54, 1.807) is 0 Å². The molecule has 0 N–H and O–H groups in total. The molecule has 100 valence electrons. The number of rotatable bonds is 3. The van der Waals surface area contributed by atoms with E-state index in [0.717, 1.165) is 24.0 Å². The lowest BCUT2D eigenvalue weighted by molar-refractivity contribution is 0.0973. The molecule has 1 aliphatic rings. The number of Topliss-reactive ketones (excluding diaryl/α,β-unsaturated/α-hetero) is 1. The molecule has 0 saturated heterocycles. The fraction of sp³-hybridized carbons (Fsp3) is 0.500. The maximum Gasteiger partial charge on any atom is 0.229 e. The Kier molecular flexibility index (Phi) is 2.97. The molecule has 0 radical (unpaired) electrons. The van der Waals surface area contributed by atoms with Gasteiger partial charge in [0.15, 0.2) is 11.6 Å². The van der Waals surface area contributed by atoms with Gasteiger partial charge in [-0.3, -0.25) is 4.79 Å². The molecule has 2 aromatic rings. The highest BCUT2D eigenvalue weighted by Crippen LogP contribution is 2.22. The van der Waals surface area contributed by atoms with Crippen molar-refractivity contribution in [3.63, 3.8) is 0 Å². The Morgan fingerprint density at radius 3 is 2.89 bits per heavy atom. The fourth-order valence-electron chi connectivity index (χ4n) is 2.40. The second kappa shape index (κ2) is 4.64. The number of carbonyl (C=O) groups excluding carboxylic acids is 1. The molecular formula is C14H17N3O2. The van der Waals surface area contributed by atoms with Gasteiger partial charge in [0.1, 0.15) is 0 Å². The van der Waals surface area contributed by atoms with Crippen LogP contribution in [0.3, 0.4) is 0 Å². The molecule has 0 aliphatic heterocycles. The largest absolute Gasteiger partial charge is 0.346 e. The molecule has 1 aliphatic carbocycles. The zero-order chi connectivity index (χ0) is 13.4. The molecule has 0 unspecified atom stereocenters. The summed E-state index contributed by atoms with van der Waals surface area (Å²) in [5.74, 6) is 1.79. The molecule has 2 aromatic heterocycles. The van der Waals surface area contributed by atoms with Gasteiger partial charge in [-0.2, -0.15) is 4.98 Å².